The van der Waals surface area contributed by atoms with Crippen LogP contribution in [-0.4, -0.2) is 25.1 Å². The zero-order valence-corrected chi connectivity index (χ0v) is 18.0. The Balaban J connectivity index is 1.74. The van der Waals surface area contributed by atoms with Crippen LogP contribution in [0.25, 0.3) is 38.9 Å². The number of pyridine rings is 2. The summed E-state index contributed by atoms with van der Waals surface area (Å²) in [5.74, 6) is 0.329. The van der Waals surface area contributed by atoms with Crippen LogP contribution in [0.1, 0.15) is 26.3 Å². The molecule has 4 rings (SSSR count). The van der Waals surface area contributed by atoms with Gasteiger partial charge < -0.3 is 10.3 Å². The molecule has 0 aliphatic carbocycles. The highest BCUT2D eigenvalue weighted by Crippen LogP contribution is 2.30. The Morgan fingerprint density at radius 1 is 1.23 bits per heavy atom. The maximum Gasteiger partial charge on any atom is 0.181 e. The first-order chi connectivity index (χ1) is 15.0. The summed E-state index contributed by atoms with van der Waals surface area (Å²) in [6.45, 7) is 14.2. The molecule has 0 saturated carbocycles. The smallest absolute Gasteiger partial charge is 0.181 e. The SMILES string of the molecule is C=C/C(=C\C(=C/C)c1cnc2n[nH]c(-c3cc4ccncc4[nH]3)c2c1)NC(=C)C(C)C. The second-order valence-corrected chi connectivity index (χ2v) is 7.69. The van der Waals surface area contributed by atoms with E-state index in [1.165, 1.54) is 0 Å². The van der Waals surface area contributed by atoms with Crippen LogP contribution in [0.4, 0.5) is 0 Å². The highest BCUT2D eigenvalue weighted by atomic mass is 15.2. The molecule has 0 aliphatic heterocycles. The summed E-state index contributed by atoms with van der Waals surface area (Å²) in [4.78, 5) is 12.2. The lowest BCUT2D eigenvalue weighted by Crippen LogP contribution is -2.14. The van der Waals surface area contributed by atoms with Crippen LogP contribution in [-0.2, 0) is 0 Å². The first-order valence-corrected chi connectivity index (χ1v) is 10.2. The Kier molecular flexibility index (Phi) is 5.54. The number of H-pyrrole nitrogens is 2. The molecule has 0 unspecified atom stereocenters. The Morgan fingerprint density at radius 3 is 2.77 bits per heavy atom. The van der Waals surface area contributed by atoms with Gasteiger partial charge in [0, 0.05) is 40.1 Å². The quantitative estimate of drug-likeness (QED) is 0.340. The minimum absolute atomic E-state index is 0.329. The number of rotatable bonds is 7. The number of fused-ring (bicyclic) bond motifs is 2. The molecule has 0 saturated heterocycles. The molecule has 4 aromatic heterocycles. The molecule has 3 N–H and O–H groups in total. The molecular formula is C25H26N6. The molecule has 0 radical (unpaired) electrons. The maximum atomic E-state index is 4.57. The molecule has 0 aromatic carbocycles. The summed E-state index contributed by atoms with van der Waals surface area (Å²) < 4.78 is 0. The summed E-state index contributed by atoms with van der Waals surface area (Å²) >= 11 is 0. The third kappa shape index (κ3) is 4.05. The Hall–Kier alpha value is -3.93. The van der Waals surface area contributed by atoms with Crippen LogP contribution < -0.4 is 5.32 Å². The van der Waals surface area contributed by atoms with Gasteiger partial charge in [0.2, 0.25) is 0 Å². The molecule has 4 aromatic rings. The van der Waals surface area contributed by atoms with E-state index in [0.717, 1.165) is 50.2 Å². The standard InChI is InChI=1S/C25H26N6/c1-6-17(10-20(7-2)28-16(5)15(3)4)19-11-21-24(30-31-25(21)27-13-19)22-12-18-8-9-26-14-23(18)29-22/h6-15,28-29H,2,5H2,1,3-4H3,(H,27,30,31)/b17-6+,20-10+. The summed E-state index contributed by atoms with van der Waals surface area (Å²) in [5, 5.41) is 12.9. The van der Waals surface area contributed by atoms with Crippen LogP contribution >= 0.6 is 0 Å². The summed E-state index contributed by atoms with van der Waals surface area (Å²) in [7, 11) is 0. The fourth-order valence-electron chi connectivity index (χ4n) is 3.35. The van der Waals surface area contributed by atoms with Crippen LogP contribution in [0.5, 0.6) is 0 Å². The van der Waals surface area contributed by atoms with Crippen LogP contribution in [0.3, 0.4) is 0 Å². The summed E-state index contributed by atoms with van der Waals surface area (Å²) in [5.41, 5.74) is 7.36. The minimum atomic E-state index is 0.329. The van der Waals surface area contributed by atoms with Crippen molar-refractivity contribution in [1.82, 2.24) is 30.5 Å². The van der Waals surface area contributed by atoms with Gasteiger partial charge in [-0.25, -0.2) is 4.98 Å². The lowest BCUT2D eigenvalue weighted by Gasteiger charge is -2.14. The number of hydrogen-bond donors (Lipinski definition) is 3. The van der Waals surface area contributed by atoms with E-state index in [1.807, 2.05) is 25.4 Å². The fourth-order valence-corrected chi connectivity index (χ4v) is 3.35. The average Bonchev–Trinajstić information content (AvgIpc) is 3.39. The molecule has 6 heteroatoms. The molecule has 0 bridgehead atoms. The normalized spacial score (nSPS) is 12.6. The summed E-state index contributed by atoms with van der Waals surface area (Å²) in [6, 6.07) is 6.17. The molecule has 0 spiro atoms. The average molecular weight is 411 g/mol. The van der Waals surface area contributed by atoms with Gasteiger partial charge >= 0.3 is 0 Å². The molecule has 0 fully saturated rings. The first-order valence-electron chi connectivity index (χ1n) is 10.2. The van der Waals surface area contributed by atoms with Gasteiger partial charge in [-0.15, -0.1) is 0 Å². The van der Waals surface area contributed by atoms with Crippen molar-refractivity contribution in [2.45, 2.75) is 20.8 Å². The third-order valence-electron chi connectivity index (χ3n) is 5.28. The molecule has 6 nitrogen and oxygen atoms in total. The van der Waals surface area contributed by atoms with Gasteiger partial charge in [-0.2, -0.15) is 5.10 Å². The van der Waals surface area contributed by atoms with Gasteiger partial charge in [0.05, 0.1) is 23.1 Å². The van der Waals surface area contributed by atoms with Crippen molar-refractivity contribution in [3.05, 3.63) is 85.1 Å². The van der Waals surface area contributed by atoms with Gasteiger partial charge in [-0.3, -0.25) is 10.1 Å². The number of nitrogens with one attached hydrogen (secondary N) is 3. The van der Waals surface area contributed by atoms with Crippen LogP contribution in [0.15, 0.2) is 79.6 Å². The van der Waals surface area contributed by atoms with Crippen molar-refractivity contribution >= 4 is 27.5 Å². The van der Waals surface area contributed by atoms with E-state index >= 15 is 0 Å². The number of aromatic nitrogens is 5. The van der Waals surface area contributed by atoms with E-state index in [9.17, 15) is 0 Å². The zero-order valence-electron chi connectivity index (χ0n) is 18.0. The number of aromatic amines is 2. The van der Waals surface area contributed by atoms with E-state index in [-0.39, 0.29) is 0 Å². The van der Waals surface area contributed by atoms with Crippen molar-refractivity contribution in [3.63, 3.8) is 0 Å². The highest BCUT2D eigenvalue weighted by Gasteiger charge is 2.13. The molecule has 4 heterocycles. The Labute approximate surface area is 181 Å². The molecule has 156 valence electrons. The maximum absolute atomic E-state index is 4.57. The number of allylic oxidation sites excluding steroid dienone is 5. The van der Waals surface area contributed by atoms with Gasteiger partial charge in [0.1, 0.15) is 0 Å². The van der Waals surface area contributed by atoms with Crippen molar-refractivity contribution in [3.8, 4) is 11.4 Å². The zero-order chi connectivity index (χ0) is 22.0. The van der Waals surface area contributed by atoms with Gasteiger partial charge in [0.15, 0.2) is 5.65 Å². The van der Waals surface area contributed by atoms with Crippen molar-refractivity contribution < 1.29 is 0 Å². The van der Waals surface area contributed by atoms with Gasteiger partial charge in [0.25, 0.3) is 0 Å². The monoisotopic (exact) mass is 410 g/mol. The predicted octanol–water partition coefficient (Wildman–Crippen LogP) is 5.73. The molecular weight excluding hydrogens is 384 g/mol. The van der Waals surface area contributed by atoms with Crippen molar-refractivity contribution in [2.75, 3.05) is 0 Å². The second kappa shape index (κ2) is 8.44. The van der Waals surface area contributed by atoms with Gasteiger partial charge in [-0.1, -0.05) is 33.1 Å². The summed E-state index contributed by atoms with van der Waals surface area (Å²) in [6.07, 6.45) is 11.3. The molecule has 0 aliphatic rings. The molecule has 31 heavy (non-hydrogen) atoms. The number of hydrogen-bond acceptors (Lipinski definition) is 4. The molecule has 0 amide bonds. The largest absolute Gasteiger partial charge is 0.359 e. The Morgan fingerprint density at radius 2 is 2.06 bits per heavy atom. The topological polar surface area (TPSA) is 82.3 Å². The van der Waals surface area contributed by atoms with E-state index < -0.39 is 0 Å². The molecule has 0 atom stereocenters. The third-order valence-corrected chi connectivity index (χ3v) is 5.28. The van der Waals surface area contributed by atoms with Crippen LogP contribution in [0, 0.1) is 5.92 Å². The first kappa shape index (κ1) is 20.3. The van der Waals surface area contributed by atoms with Crippen molar-refractivity contribution in [1.29, 1.82) is 0 Å². The number of nitrogens with zero attached hydrogens (tertiary/aromatic N) is 3. The van der Waals surface area contributed by atoms with E-state index in [4.69, 9.17) is 0 Å². The Bertz CT molecular complexity index is 1300. The van der Waals surface area contributed by atoms with E-state index in [0.29, 0.717) is 11.6 Å². The van der Waals surface area contributed by atoms with E-state index in [1.54, 1.807) is 12.3 Å². The second-order valence-electron chi connectivity index (χ2n) is 7.69. The highest BCUT2D eigenvalue weighted by molar-refractivity contribution is 5.95. The lowest BCUT2D eigenvalue weighted by atomic mass is 10.0. The minimum Gasteiger partial charge on any atom is -0.359 e. The lowest BCUT2D eigenvalue weighted by molar-refractivity contribution is 0.710. The fraction of sp³-hybridized carbons (Fsp3) is 0.160. The van der Waals surface area contributed by atoms with Crippen molar-refractivity contribution in [2.24, 2.45) is 5.92 Å². The predicted molar refractivity (Wildman–Crippen MR) is 128 cm³/mol. The van der Waals surface area contributed by atoms with E-state index in [2.05, 4.69) is 81.8 Å². The van der Waals surface area contributed by atoms with Gasteiger partial charge in [-0.05, 0) is 48.8 Å². The van der Waals surface area contributed by atoms with Crippen LogP contribution in [0.2, 0.25) is 0 Å².